The van der Waals surface area contributed by atoms with Gasteiger partial charge in [0, 0.05) is 12.1 Å². The smallest absolute Gasteiger partial charge is 0.343 e. The molecular weight excluding hydrogens is 324 g/mol. The van der Waals surface area contributed by atoms with Gasteiger partial charge >= 0.3 is 5.97 Å². The van der Waals surface area contributed by atoms with Gasteiger partial charge in [0.1, 0.15) is 12.3 Å². The highest BCUT2D eigenvalue weighted by Gasteiger charge is 2.15. The second-order valence-corrected chi connectivity index (χ2v) is 7.45. The van der Waals surface area contributed by atoms with Gasteiger partial charge in [-0.15, -0.1) is 0 Å². The molecule has 3 rings (SSSR count). The maximum Gasteiger partial charge on any atom is 0.343 e. The lowest BCUT2D eigenvalue weighted by Gasteiger charge is -2.14. The molecule has 0 atom stereocenters. The molecule has 0 amide bonds. The summed E-state index contributed by atoms with van der Waals surface area (Å²) in [6.07, 6.45) is 9.43. The molecule has 1 aliphatic rings. The van der Waals surface area contributed by atoms with E-state index in [9.17, 15) is 4.79 Å². The van der Waals surface area contributed by atoms with Crippen molar-refractivity contribution in [3.8, 4) is 5.75 Å². The third-order valence-corrected chi connectivity index (χ3v) is 5.07. The van der Waals surface area contributed by atoms with Crippen LogP contribution in [0.15, 0.2) is 42.7 Å². The minimum Gasteiger partial charge on any atom is -0.423 e. The van der Waals surface area contributed by atoms with Crippen molar-refractivity contribution in [3.05, 3.63) is 59.4 Å². The van der Waals surface area contributed by atoms with Gasteiger partial charge in [-0.2, -0.15) is 4.57 Å². The highest BCUT2D eigenvalue weighted by Crippen LogP contribution is 2.17. The topological polar surface area (TPSA) is 34.6 Å². The van der Waals surface area contributed by atoms with Crippen LogP contribution in [0.4, 0.5) is 0 Å². The highest BCUT2D eigenvalue weighted by molar-refractivity contribution is 5.90. The van der Waals surface area contributed by atoms with Crippen LogP contribution in [0.2, 0.25) is 0 Å². The average molecular weight is 354 g/mol. The van der Waals surface area contributed by atoms with Crippen LogP contribution in [0.25, 0.3) is 0 Å². The number of nitrogens with zero attached hydrogens (tertiary/aromatic N) is 1. The zero-order valence-corrected chi connectivity index (χ0v) is 16.0. The van der Waals surface area contributed by atoms with Crippen molar-refractivity contribution in [2.75, 3.05) is 19.6 Å². The Bertz CT molecular complexity index is 712. The van der Waals surface area contributed by atoms with E-state index in [1.165, 1.54) is 38.8 Å². The van der Waals surface area contributed by atoms with E-state index >= 15 is 0 Å². The van der Waals surface area contributed by atoms with Gasteiger partial charge in [0.25, 0.3) is 0 Å². The minimum absolute atomic E-state index is 0.305. The Morgan fingerprint density at radius 2 is 1.62 bits per heavy atom. The molecule has 0 saturated carbocycles. The van der Waals surface area contributed by atoms with E-state index in [1.807, 2.05) is 50.5 Å². The van der Waals surface area contributed by atoms with Crippen LogP contribution < -0.4 is 14.2 Å². The van der Waals surface area contributed by atoms with Gasteiger partial charge in [0.15, 0.2) is 18.9 Å². The van der Waals surface area contributed by atoms with Crippen molar-refractivity contribution in [2.24, 2.45) is 0 Å². The molecule has 0 bridgehead atoms. The van der Waals surface area contributed by atoms with Crippen molar-refractivity contribution in [1.29, 1.82) is 0 Å². The van der Waals surface area contributed by atoms with Crippen LogP contribution in [0, 0.1) is 13.8 Å². The quantitative estimate of drug-likeness (QED) is 0.508. The number of aromatic nitrogens is 1. The van der Waals surface area contributed by atoms with E-state index in [0.29, 0.717) is 11.3 Å². The number of aryl methyl sites for hydroxylation is 2. The van der Waals surface area contributed by atoms with Crippen molar-refractivity contribution < 1.29 is 19.0 Å². The number of carbonyl (C=O) groups is 1. The summed E-state index contributed by atoms with van der Waals surface area (Å²) in [6.45, 7) is 8.73. The molecule has 4 heteroatoms. The predicted octanol–water partition coefficient (Wildman–Crippen LogP) is 2.27. The Hall–Kier alpha value is -2.20. The Kier molecular flexibility index (Phi) is 6.40. The molecular formula is C22H30N2O2+2. The van der Waals surface area contributed by atoms with Crippen LogP contribution >= 0.6 is 0 Å². The standard InChI is InChI=1S/C22H29N2O2/c1-18-15-19(2)17-21(16-18)26-22(25)20-7-11-24(12-8-20)14-13-23-9-5-3-4-6-10-23/h7-8,11-12,15-17H,3-6,9-10,13-14H2,1-2H3/q+1/p+1. The van der Waals surface area contributed by atoms with E-state index in [-0.39, 0.29) is 5.97 Å². The number of likely N-dealkylation sites (tertiary alicyclic amines) is 1. The minimum atomic E-state index is -0.305. The van der Waals surface area contributed by atoms with Gasteiger partial charge in [-0.3, -0.25) is 0 Å². The van der Waals surface area contributed by atoms with E-state index < -0.39 is 0 Å². The predicted molar refractivity (Wildman–Crippen MR) is 102 cm³/mol. The largest absolute Gasteiger partial charge is 0.423 e. The Balaban J connectivity index is 1.55. The van der Waals surface area contributed by atoms with Crippen LogP contribution in [-0.2, 0) is 6.54 Å². The lowest BCUT2D eigenvalue weighted by atomic mass is 10.1. The third kappa shape index (κ3) is 5.40. The van der Waals surface area contributed by atoms with E-state index in [0.717, 1.165) is 24.2 Å². The Morgan fingerprint density at radius 3 is 2.23 bits per heavy atom. The molecule has 0 spiro atoms. The zero-order chi connectivity index (χ0) is 18.4. The number of nitrogens with one attached hydrogen (secondary N) is 1. The maximum absolute atomic E-state index is 12.4. The van der Waals surface area contributed by atoms with Gasteiger partial charge in [0.2, 0.25) is 0 Å². The first-order chi connectivity index (χ1) is 12.6. The number of rotatable bonds is 5. The third-order valence-electron chi connectivity index (χ3n) is 5.07. The van der Waals surface area contributed by atoms with E-state index in [1.54, 1.807) is 4.90 Å². The molecule has 0 unspecified atom stereocenters. The van der Waals surface area contributed by atoms with Crippen molar-refractivity contribution in [1.82, 2.24) is 0 Å². The molecule has 1 fully saturated rings. The van der Waals surface area contributed by atoms with Crippen LogP contribution in [0.1, 0.15) is 47.2 Å². The fourth-order valence-corrected chi connectivity index (χ4v) is 3.67. The monoisotopic (exact) mass is 354 g/mol. The lowest BCUT2D eigenvalue weighted by molar-refractivity contribution is -0.918. The summed E-state index contributed by atoms with van der Waals surface area (Å²) in [5, 5.41) is 0. The fourth-order valence-electron chi connectivity index (χ4n) is 3.67. The SMILES string of the molecule is Cc1cc(C)cc(OC(=O)c2cc[n+](CC[NH+]3CCCCCC3)cc2)c1. The van der Waals surface area contributed by atoms with Crippen LogP contribution in [-0.4, -0.2) is 25.6 Å². The zero-order valence-electron chi connectivity index (χ0n) is 16.0. The number of benzene rings is 1. The van der Waals surface area contributed by atoms with Crippen molar-refractivity contribution in [3.63, 3.8) is 0 Å². The molecule has 4 nitrogen and oxygen atoms in total. The molecule has 0 aliphatic carbocycles. The highest BCUT2D eigenvalue weighted by atomic mass is 16.5. The number of ether oxygens (including phenoxy) is 1. The average Bonchev–Trinajstić information content (AvgIpc) is 2.88. The fraction of sp³-hybridized carbons (Fsp3) is 0.455. The number of pyridine rings is 1. The maximum atomic E-state index is 12.4. The molecule has 138 valence electrons. The number of carbonyl (C=O) groups excluding carboxylic acids is 1. The second-order valence-electron chi connectivity index (χ2n) is 7.45. The molecule has 2 heterocycles. The summed E-state index contributed by atoms with van der Waals surface area (Å²) in [7, 11) is 0. The summed E-state index contributed by atoms with van der Waals surface area (Å²) < 4.78 is 7.68. The van der Waals surface area contributed by atoms with Gasteiger partial charge in [-0.1, -0.05) is 6.07 Å². The molecule has 1 N–H and O–H groups in total. The molecule has 1 aromatic carbocycles. The summed E-state index contributed by atoms with van der Waals surface area (Å²) in [5.41, 5.74) is 2.77. The molecule has 26 heavy (non-hydrogen) atoms. The normalized spacial score (nSPS) is 15.5. The van der Waals surface area contributed by atoms with Gasteiger partial charge in [-0.25, -0.2) is 4.79 Å². The van der Waals surface area contributed by atoms with E-state index in [2.05, 4.69) is 10.6 Å². The number of esters is 1. The van der Waals surface area contributed by atoms with Gasteiger partial charge in [-0.05, 0) is 62.8 Å². The number of hydrogen-bond acceptors (Lipinski definition) is 2. The Labute approximate surface area is 156 Å². The molecule has 2 aromatic rings. The molecule has 1 aromatic heterocycles. The van der Waals surface area contributed by atoms with Crippen molar-refractivity contribution in [2.45, 2.75) is 46.1 Å². The summed E-state index contributed by atoms with van der Waals surface area (Å²) in [4.78, 5) is 14.1. The number of hydrogen-bond donors (Lipinski definition) is 1. The molecule has 1 saturated heterocycles. The molecule has 1 aliphatic heterocycles. The summed E-state index contributed by atoms with van der Waals surface area (Å²) >= 11 is 0. The van der Waals surface area contributed by atoms with E-state index in [4.69, 9.17) is 4.74 Å². The van der Waals surface area contributed by atoms with Crippen LogP contribution in [0.5, 0.6) is 5.75 Å². The first-order valence-electron chi connectivity index (χ1n) is 9.73. The molecule has 0 radical (unpaired) electrons. The summed E-state index contributed by atoms with van der Waals surface area (Å²) in [5.74, 6) is 0.300. The first kappa shape index (κ1) is 18.6. The van der Waals surface area contributed by atoms with Crippen molar-refractivity contribution >= 4 is 5.97 Å². The second kappa shape index (κ2) is 8.95. The van der Waals surface area contributed by atoms with Gasteiger partial charge in [0.05, 0.1) is 18.7 Å². The van der Waals surface area contributed by atoms with Crippen LogP contribution in [0.3, 0.4) is 0 Å². The number of quaternary nitrogens is 1. The first-order valence-corrected chi connectivity index (χ1v) is 9.73. The summed E-state index contributed by atoms with van der Waals surface area (Å²) in [6, 6.07) is 9.54. The Morgan fingerprint density at radius 1 is 1.00 bits per heavy atom. The van der Waals surface area contributed by atoms with Gasteiger partial charge < -0.3 is 9.64 Å². The lowest BCUT2D eigenvalue weighted by Crippen LogP contribution is -3.12.